The molecule has 1 aliphatic rings. The number of esters is 1. The maximum absolute atomic E-state index is 14.0. The van der Waals surface area contributed by atoms with Crippen LogP contribution in [0.15, 0.2) is 46.9 Å². The van der Waals surface area contributed by atoms with E-state index in [4.69, 9.17) is 10.00 Å². The molecule has 0 bridgehead atoms. The van der Waals surface area contributed by atoms with Crippen molar-refractivity contribution in [3.8, 4) is 6.07 Å². The average Bonchev–Trinajstić information content (AvgIpc) is 2.70. The van der Waals surface area contributed by atoms with Crippen molar-refractivity contribution in [3.05, 3.63) is 69.4 Å². The number of rotatable bonds is 6. The van der Waals surface area contributed by atoms with Crippen molar-refractivity contribution in [1.29, 1.82) is 5.26 Å². The molecule has 0 amide bonds. The second kappa shape index (κ2) is 9.78. The number of piperazine rings is 1. The van der Waals surface area contributed by atoms with Crippen LogP contribution in [0.25, 0.3) is 0 Å². The zero-order valence-corrected chi connectivity index (χ0v) is 17.0. The minimum absolute atomic E-state index is 0.164. The molecule has 28 heavy (non-hydrogen) atoms. The summed E-state index contributed by atoms with van der Waals surface area (Å²) in [5.74, 6) is -0.490. The van der Waals surface area contributed by atoms with Crippen LogP contribution in [-0.4, -0.2) is 48.5 Å². The normalized spacial score (nSPS) is 15.2. The summed E-state index contributed by atoms with van der Waals surface area (Å²) in [4.78, 5) is 16.3. The van der Waals surface area contributed by atoms with Crippen molar-refractivity contribution in [2.45, 2.75) is 13.2 Å². The Labute approximate surface area is 172 Å². The molecule has 146 valence electrons. The Kier molecular flexibility index (Phi) is 7.15. The summed E-state index contributed by atoms with van der Waals surface area (Å²) in [7, 11) is 0. The Balaban J connectivity index is 1.41. The predicted octanol–water partition coefficient (Wildman–Crippen LogP) is 3.32. The van der Waals surface area contributed by atoms with Gasteiger partial charge in [-0.3, -0.25) is 14.6 Å². The molecule has 1 saturated heterocycles. The van der Waals surface area contributed by atoms with Crippen molar-refractivity contribution >= 4 is 21.9 Å². The molecule has 1 fully saturated rings. The summed E-state index contributed by atoms with van der Waals surface area (Å²) in [5, 5.41) is 8.91. The first kappa shape index (κ1) is 20.5. The van der Waals surface area contributed by atoms with Gasteiger partial charge >= 0.3 is 5.97 Å². The highest BCUT2D eigenvalue weighted by molar-refractivity contribution is 9.10. The molecule has 0 atom stereocenters. The van der Waals surface area contributed by atoms with Gasteiger partial charge in [-0.1, -0.05) is 34.1 Å². The van der Waals surface area contributed by atoms with Crippen molar-refractivity contribution in [3.63, 3.8) is 0 Å². The van der Waals surface area contributed by atoms with Gasteiger partial charge in [-0.2, -0.15) is 5.26 Å². The summed E-state index contributed by atoms with van der Waals surface area (Å²) >= 11 is 3.27. The van der Waals surface area contributed by atoms with E-state index in [1.54, 1.807) is 24.3 Å². The quantitative estimate of drug-likeness (QED) is 0.638. The summed E-state index contributed by atoms with van der Waals surface area (Å²) < 4.78 is 20.0. The standard InChI is InChI=1S/C21H21BrFN3O2/c22-19-5-4-18(20(23)11-19)13-25-6-8-26(9-7-25)14-21(27)28-15-17-3-1-2-16(10-17)12-24/h1-5,10-11H,6-9,13-15H2. The zero-order valence-electron chi connectivity index (χ0n) is 15.4. The maximum Gasteiger partial charge on any atom is 0.320 e. The average molecular weight is 446 g/mol. The fourth-order valence-electron chi connectivity index (χ4n) is 3.12. The molecule has 1 heterocycles. The fourth-order valence-corrected chi connectivity index (χ4v) is 3.45. The van der Waals surface area contributed by atoms with Crippen LogP contribution in [0, 0.1) is 17.1 Å². The Hall–Kier alpha value is -2.27. The number of hydrogen-bond donors (Lipinski definition) is 0. The van der Waals surface area contributed by atoms with Crippen LogP contribution in [-0.2, 0) is 22.7 Å². The van der Waals surface area contributed by atoms with Gasteiger partial charge in [0, 0.05) is 42.8 Å². The molecular weight excluding hydrogens is 425 g/mol. The van der Waals surface area contributed by atoms with E-state index in [0.717, 1.165) is 36.2 Å². The smallest absolute Gasteiger partial charge is 0.320 e. The molecular formula is C21H21BrFN3O2. The topological polar surface area (TPSA) is 56.6 Å². The number of nitriles is 1. The Morgan fingerprint density at radius 3 is 2.61 bits per heavy atom. The SMILES string of the molecule is N#Cc1cccc(COC(=O)CN2CCN(Cc3ccc(Br)cc3F)CC2)c1. The van der Waals surface area contributed by atoms with Crippen molar-refractivity contribution < 1.29 is 13.9 Å². The Morgan fingerprint density at radius 2 is 1.89 bits per heavy atom. The minimum Gasteiger partial charge on any atom is -0.460 e. The molecule has 0 N–H and O–H groups in total. The van der Waals surface area contributed by atoms with Gasteiger partial charge < -0.3 is 4.74 Å². The van der Waals surface area contributed by atoms with Crippen LogP contribution in [0.2, 0.25) is 0 Å². The van der Waals surface area contributed by atoms with E-state index >= 15 is 0 Å². The number of halogens is 2. The Morgan fingerprint density at radius 1 is 1.14 bits per heavy atom. The van der Waals surface area contributed by atoms with Gasteiger partial charge in [0.05, 0.1) is 18.2 Å². The Bertz CT molecular complexity index is 876. The molecule has 7 heteroatoms. The molecule has 1 aliphatic heterocycles. The first-order valence-corrected chi connectivity index (χ1v) is 9.86. The second-order valence-electron chi connectivity index (χ2n) is 6.76. The van der Waals surface area contributed by atoms with Crippen molar-refractivity contribution in [2.75, 3.05) is 32.7 Å². The lowest BCUT2D eigenvalue weighted by Gasteiger charge is -2.34. The number of carbonyl (C=O) groups is 1. The minimum atomic E-state index is -0.283. The first-order chi connectivity index (χ1) is 13.5. The van der Waals surface area contributed by atoms with E-state index in [1.807, 2.05) is 17.0 Å². The van der Waals surface area contributed by atoms with Crippen LogP contribution in [0.1, 0.15) is 16.7 Å². The largest absolute Gasteiger partial charge is 0.460 e. The predicted molar refractivity (Wildman–Crippen MR) is 107 cm³/mol. The second-order valence-corrected chi connectivity index (χ2v) is 7.68. The molecule has 3 rings (SSSR count). The lowest BCUT2D eigenvalue weighted by molar-refractivity contribution is -0.146. The summed E-state index contributed by atoms with van der Waals surface area (Å²) in [5.41, 5.74) is 2.02. The van der Waals surface area contributed by atoms with E-state index in [2.05, 4.69) is 26.9 Å². The van der Waals surface area contributed by atoms with Gasteiger partial charge in [-0.15, -0.1) is 0 Å². The molecule has 0 spiro atoms. The van der Waals surface area contributed by atoms with Gasteiger partial charge in [0.25, 0.3) is 0 Å². The van der Waals surface area contributed by atoms with E-state index in [0.29, 0.717) is 17.7 Å². The third-order valence-electron chi connectivity index (χ3n) is 4.68. The van der Waals surface area contributed by atoms with Gasteiger partial charge in [-0.25, -0.2) is 4.39 Å². The summed E-state index contributed by atoms with van der Waals surface area (Å²) in [6.07, 6.45) is 0. The van der Waals surface area contributed by atoms with Gasteiger partial charge in [-0.05, 0) is 29.8 Å². The van der Waals surface area contributed by atoms with Crippen LogP contribution >= 0.6 is 15.9 Å². The third-order valence-corrected chi connectivity index (χ3v) is 5.18. The van der Waals surface area contributed by atoms with Crippen molar-refractivity contribution in [2.24, 2.45) is 0 Å². The molecule has 0 radical (unpaired) electrons. The van der Waals surface area contributed by atoms with Crippen LogP contribution in [0.3, 0.4) is 0 Å². The molecule has 0 aromatic heterocycles. The molecule has 0 aliphatic carbocycles. The molecule has 0 saturated carbocycles. The fraction of sp³-hybridized carbons (Fsp3) is 0.333. The van der Waals surface area contributed by atoms with Crippen LogP contribution < -0.4 is 0 Å². The molecule has 2 aromatic rings. The van der Waals surface area contributed by atoms with E-state index < -0.39 is 0 Å². The first-order valence-electron chi connectivity index (χ1n) is 9.07. The van der Waals surface area contributed by atoms with E-state index in [1.165, 1.54) is 6.07 Å². The number of ether oxygens (including phenoxy) is 1. The monoisotopic (exact) mass is 445 g/mol. The molecule has 5 nitrogen and oxygen atoms in total. The maximum atomic E-state index is 14.0. The molecule has 0 unspecified atom stereocenters. The number of hydrogen-bond acceptors (Lipinski definition) is 5. The number of nitrogens with zero attached hydrogens (tertiary/aromatic N) is 3. The van der Waals surface area contributed by atoms with Gasteiger partial charge in [0.2, 0.25) is 0 Å². The summed E-state index contributed by atoms with van der Waals surface area (Å²) in [6.45, 7) is 3.97. The highest BCUT2D eigenvalue weighted by Gasteiger charge is 2.20. The van der Waals surface area contributed by atoms with Crippen LogP contribution in [0.5, 0.6) is 0 Å². The van der Waals surface area contributed by atoms with Gasteiger partial charge in [0.15, 0.2) is 0 Å². The van der Waals surface area contributed by atoms with E-state index in [-0.39, 0.29) is 24.9 Å². The number of benzene rings is 2. The third kappa shape index (κ3) is 5.86. The summed E-state index contributed by atoms with van der Waals surface area (Å²) in [6, 6.07) is 14.2. The number of carbonyl (C=O) groups excluding carboxylic acids is 1. The van der Waals surface area contributed by atoms with E-state index in [9.17, 15) is 9.18 Å². The zero-order chi connectivity index (χ0) is 19.9. The lowest BCUT2D eigenvalue weighted by Crippen LogP contribution is -2.47. The highest BCUT2D eigenvalue weighted by atomic mass is 79.9. The lowest BCUT2D eigenvalue weighted by atomic mass is 10.1. The van der Waals surface area contributed by atoms with Crippen molar-refractivity contribution in [1.82, 2.24) is 9.80 Å². The molecule has 2 aromatic carbocycles. The highest BCUT2D eigenvalue weighted by Crippen LogP contribution is 2.17. The van der Waals surface area contributed by atoms with Gasteiger partial charge in [0.1, 0.15) is 12.4 Å². The van der Waals surface area contributed by atoms with Crippen LogP contribution in [0.4, 0.5) is 4.39 Å².